The van der Waals surface area contributed by atoms with Crippen LogP contribution in [0.25, 0.3) is 0 Å². The average molecular weight is 198 g/mol. The summed E-state index contributed by atoms with van der Waals surface area (Å²) in [4.78, 5) is 0. The first kappa shape index (κ1) is 13.5. The van der Waals surface area contributed by atoms with Gasteiger partial charge in [-0.2, -0.15) is 0 Å². The summed E-state index contributed by atoms with van der Waals surface area (Å²) in [6, 6.07) is 0. The average Bonchev–Trinajstić information content (AvgIpc) is 2.15. The molecule has 0 atom stereocenters. The molecule has 0 radical (unpaired) electrons. The number of hydrogen-bond donors (Lipinski definition) is 0. The molecule has 1 heteroatoms. The van der Waals surface area contributed by atoms with Crippen molar-refractivity contribution in [3.8, 4) is 0 Å². The van der Waals surface area contributed by atoms with Gasteiger partial charge in [0.25, 0.3) is 0 Å². The van der Waals surface area contributed by atoms with E-state index in [9.17, 15) is 0 Å². The monoisotopic (exact) mass is 198 g/mol. The molecule has 0 bridgehead atoms. The topological polar surface area (TPSA) is 9.23 Å². The molecule has 14 heavy (non-hydrogen) atoms. The molecule has 0 saturated heterocycles. The van der Waals surface area contributed by atoms with Gasteiger partial charge in [-0.05, 0) is 12.3 Å². The maximum absolute atomic E-state index is 5.06. The molecule has 0 unspecified atom stereocenters. The van der Waals surface area contributed by atoms with Crippen molar-refractivity contribution in [2.45, 2.75) is 58.8 Å². The van der Waals surface area contributed by atoms with E-state index in [0.29, 0.717) is 0 Å². The van der Waals surface area contributed by atoms with Crippen molar-refractivity contribution in [1.29, 1.82) is 0 Å². The van der Waals surface area contributed by atoms with Gasteiger partial charge in [-0.1, -0.05) is 59.0 Å². The standard InChI is InChI=1S/C13H26O/c1-4-14-12-10-8-6-5-7-9-11-13(2)3/h4,13H,1,5-12H2,2-3H3. The van der Waals surface area contributed by atoms with Crippen LogP contribution in [0, 0.1) is 5.92 Å². The van der Waals surface area contributed by atoms with Gasteiger partial charge in [0.05, 0.1) is 12.9 Å². The summed E-state index contributed by atoms with van der Waals surface area (Å²) >= 11 is 0. The van der Waals surface area contributed by atoms with E-state index in [2.05, 4.69) is 20.4 Å². The molecule has 0 aliphatic rings. The fourth-order valence-electron chi connectivity index (χ4n) is 1.53. The Hall–Kier alpha value is -0.460. The van der Waals surface area contributed by atoms with Crippen LogP contribution >= 0.6 is 0 Å². The van der Waals surface area contributed by atoms with Crippen LogP contribution in [0.1, 0.15) is 58.8 Å². The van der Waals surface area contributed by atoms with E-state index >= 15 is 0 Å². The molecule has 0 fully saturated rings. The minimum absolute atomic E-state index is 0.843. The lowest BCUT2D eigenvalue weighted by atomic mass is 10.0. The molecule has 0 heterocycles. The third-order valence-electron chi connectivity index (χ3n) is 2.41. The number of rotatable bonds is 10. The van der Waals surface area contributed by atoms with Crippen molar-refractivity contribution in [1.82, 2.24) is 0 Å². The van der Waals surface area contributed by atoms with Gasteiger partial charge in [-0.25, -0.2) is 0 Å². The van der Waals surface area contributed by atoms with Crippen LogP contribution in [0.5, 0.6) is 0 Å². The lowest BCUT2D eigenvalue weighted by Crippen LogP contribution is -1.89. The van der Waals surface area contributed by atoms with Gasteiger partial charge in [0.2, 0.25) is 0 Å². The molecule has 0 amide bonds. The third kappa shape index (κ3) is 11.5. The Bertz CT molecular complexity index is 118. The predicted molar refractivity (Wildman–Crippen MR) is 63.3 cm³/mol. The maximum Gasteiger partial charge on any atom is 0.0873 e. The fourth-order valence-corrected chi connectivity index (χ4v) is 1.53. The molecular formula is C13H26O. The van der Waals surface area contributed by atoms with Crippen LogP contribution in [0.3, 0.4) is 0 Å². The van der Waals surface area contributed by atoms with Gasteiger partial charge in [-0.3, -0.25) is 0 Å². The van der Waals surface area contributed by atoms with Gasteiger partial charge in [0.15, 0.2) is 0 Å². The highest BCUT2D eigenvalue weighted by atomic mass is 16.5. The highest BCUT2D eigenvalue weighted by molar-refractivity contribution is 4.51. The second-order valence-electron chi connectivity index (χ2n) is 4.34. The zero-order chi connectivity index (χ0) is 10.6. The summed E-state index contributed by atoms with van der Waals surface area (Å²) in [5.74, 6) is 0.871. The highest BCUT2D eigenvalue weighted by Crippen LogP contribution is 2.11. The predicted octanol–water partition coefficient (Wildman–Crippen LogP) is 4.53. The molecule has 0 aromatic heterocycles. The van der Waals surface area contributed by atoms with E-state index in [4.69, 9.17) is 4.74 Å². The molecule has 0 aromatic rings. The van der Waals surface area contributed by atoms with Crippen molar-refractivity contribution in [2.75, 3.05) is 6.61 Å². The zero-order valence-corrected chi connectivity index (χ0v) is 9.93. The summed E-state index contributed by atoms with van der Waals surface area (Å²) in [5, 5.41) is 0. The van der Waals surface area contributed by atoms with Gasteiger partial charge >= 0.3 is 0 Å². The van der Waals surface area contributed by atoms with Crippen LogP contribution in [0.15, 0.2) is 12.8 Å². The highest BCUT2D eigenvalue weighted by Gasteiger charge is 1.94. The Morgan fingerprint density at radius 1 is 1.00 bits per heavy atom. The Balaban J connectivity index is 2.88. The molecule has 84 valence electrons. The summed E-state index contributed by atoms with van der Waals surface area (Å²) in [5.41, 5.74) is 0. The van der Waals surface area contributed by atoms with Gasteiger partial charge in [0.1, 0.15) is 0 Å². The van der Waals surface area contributed by atoms with Gasteiger partial charge in [-0.15, -0.1) is 0 Å². The summed E-state index contributed by atoms with van der Waals surface area (Å²) in [6.45, 7) is 8.95. The summed E-state index contributed by atoms with van der Waals surface area (Å²) in [6.07, 6.45) is 11.0. The SMILES string of the molecule is C=COCCCCCCCCC(C)C. The molecule has 0 aliphatic carbocycles. The van der Waals surface area contributed by atoms with Crippen LogP contribution < -0.4 is 0 Å². The largest absolute Gasteiger partial charge is 0.502 e. The molecule has 0 saturated carbocycles. The van der Waals surface area contributed by atoms with Crippen LogP contribution in [0.4, 0.5) is 0 Å². The van der Waals surface area contributed by atoms with Crippen LogP contribution in [0.2, 0.25) is 0 Å². The fraction of sp³-hybridized carbons (Fsp3) is 0.846. The summed E-state index contributed by atoms with van der Waals surface area (Å²) in [7, 11) is 0. The lowest BCUT2D eigenvalue weighted by Gasteiger charge is -2.04. The Kier molecular flexibility index (Phi) is 10.3. The van der Waals surface area contributed by atoms with Crippen molar-refractivity contribution >= 4 is 0 Å². The van der Waals surface area contributed by atoms with E-state index in [1.54, 1.807) is 0 Å². The number of hydrogen-bond acceptors (Lipinski definition) is 1. The second-order valence-corrected chi connectivity index (χ2v) is 4.34. The smallest absolute Gasteiger partial charge is 0.0873 e. The Labute approximate surface area is 89.5 Å². The number of ether oxygens (including phenoxy) is 1. The number of unbranched alkanes of at least 4 members (excludes halogenated alkanes) is 5. The Morgan fingerprint density at radius 3 is 2.14 bits per heavy atom. The van der Waals surface area contributed by atoms with E-state index in [-0.39, 0.29) is 0 Å². The third-order valence-corrected chi connectivity index (χ3v) is 2.41. The minimum Gasteiger partial charge on any atom is -0.502 e. The van der Waals surface area contributed by atoms with E-state index < -0.39 is 0 Å². The zero-order valence-electron chi connectivity index (χ0n) is 9.93. The first-order valence-electron chi connectivity index (χ1n) is 6.00. The molecule has 0 N–H and O–H groups in total. The first-order chi connectivity index (χ1) is 6.77. The normalized spacial score (nSPS) is 10.5. The molecule has 0 spiro atoms. The molecule has 1 nitrogen and oxygen atoms in total. The second kappa shape index (κ2) is 10.6. The lowest BCUT2D eigenvalue weighted by molar-refractivity contribution is 0.241. The van der Waals surface area contributed by atoms with Crippen molar-refractivity contribution in [2.24, 2.45) is 5.92 Å². The van der Waals surface area contributed by atoms with Gasteiger partial charge < -0.3 is 4.74 Å². The van der Waals surface area contributed by atoms with E-state index in [1.807, 2.05) is 0 Å². The van der Waals surface area contributed by atoms with Crippen molar-refractivity contribution in [3.05, 3.63) is 12.8 Å². The Morgan fingerprint density at radius 2 is 1.57 bits per heavy atom. The van der Waals surface area contributed by atoms with E-state index in [0.717, 1.165) is 12.5 Å². The van der Waals surface area contributed by atoms with Crippen LogP contribution in [-0.2, 0) is 4.74 Å². The molecular weight excluding hydrogens is 172 g/mol. The van der Waals surface area contributed by atoms with E-state index in [1.165, 1.54) is 51.2 Å². The van der Waals surface area contributed by atoms with Crippen LogP contribution in [-0.4, -0.2) is 6.61 Å². The first-order valence-corrected chi connectivity index (χ1v) is 6.00. The minimum atomic E-state index is 0.843. The van der Waals surface area contributed by atoms with Gasteiger partial charge in [0, 0.05) is 0 Å². The molecule has 0 aliphatic heterocycles. The van der Waals surface area contributed by atoms with Crippen molar-refractivity contribution in [3.63, 3.8) is 0 Å². The summed E-state index contributed by atoms with van der Waals surface area (Å²) < 4.78 is 5.06. The maximum atomic E-state index is 5.06. The quantitative estimate of drug-likeness (QED) is 0.370. The van der Waals surface area contributed by atoms with Crippen molar-refractivity contribution < 1.29 is 4.74 Å². The molecule has 0 rings (SSSR count). The molecule has 0 aromatic carbocycles.